The van der Waals surface area contributed by atoms with Gasteiger partial charge in [0.05, 0.1) is 11.4 Å². The van der Waals surface area contributed by atoms with Crippen molar-refractivity contribution in [1.29, 1.82) is 0 Å². The van der Waals surface area contributed by atoms with Crippen LogP contribution >= 0.6 is 11.8 Å². The number of hydrogen-bond acceptors (Lipinski definition) is 4. The molecule has 0 saturated carbocycles. The van der Waals surface area contributed by atoms with Crippen LogP contribution in [0.25, 0.3) is 0 Å². The van der Waals surface area contributed by atoms with Crippen molar-refractivity contribution in [3.05, 3.63) is 48.0 Å². The summed E-state index contributed by atoms with van der Waals surface area (Å²) in [6.45, 7) is 1.88. The van der Waals surface area contributed by atoms with Gasteiger partial charge in [0.25, 0.3) is 0 Å². The van der Waals surface area contributed by atoms with Crippen LogP contribution in [0.15, 0.2) is 57.3 Å². The summed E-state index contributed by atoms with van der Waals surface area (Å²) in [6, 6.07) is 13.5. The molecule has 2 aromatic rings. The minimum absolute atomic E-state index is 0.344. The predicted octanol–water partition coefficient (Wildman–Crippen LogP) is 4.78. The van der Waals surface area contributed by atoms with E-state index in [2.05, 4.69) is 9.98 Å². The topological polar surface area (TPSA) is 45.0 Å². The highest BCUT2D eigenvalue weighted by atomic mass is 32.2. The Hall–Kier alpha value is -2.07. The summed E-state index contributed by atoms with van der Waals surface area (Å²) in [7, 11) is 0. The molecule has 2 rings (SSSR count). The summed E-state index contributed by atoms with van der Waals surface area (Å²) in [5.41, 5.74) is 2.55. The smallest absolute Gasteiger partial charge is 0.132 e. The molecule has 3 nitrogen and oxygen atoms in total. The van der Waals surface area contributed by atoms with Crippen LogP contribution in [0.5, 0.6) is 5.75 Å². The highest BCUT2D eigenvalue weighted by Crippen LogP contribution is 2.30. The fraction of sp³-hybridized carbons (Fsp3) is 0.176. The Morgan fingerprint density at radius 2 is 1.76 bits per heavy atom. The molecule has 1 N–H and O–H groups in total. The zero-order chi connectivity index (χ0) is 15.1. The van der Waals surface area contributed by atoms with Gasteiger partial charge in [0, 0.05) is 29.3 Å². The van der Waals surface area contributed by atoms with Crippen molar-refractivity contribution in [3.8, 4) is 5.75 Å². The van der Waals surface area contributed by atoms with Crippen LogP contribution in [0.2, 0.25) is 0 Å². The van der Waals surface area contributed by atoms with E-state index < -0.39 is 0 Å². The van der Waals surface area contributed by atoms with Gasteiger partial charge in [0.15, 0.2) is 0 Å². The highest BCUT2D eigenvalue weighted by molar-refractivity contribution is 7.98. The first-order chi connectivity index (χ1) is 10.3. The van der Waals surface area contributed by atoms with Gasteiger partial charge in [-0.3, -0.25) is 9.98 Å². The predicted molar refractivity (Wildman–Crippen MR) is 92.0 cm³/mol. The molecule has 0 spiro atoms. The molecule has 108 valence electrons. The molecule has 0 amide bonds. The number of aromatic hydroxyl groups is 1. The molecule has 0 aliphatic carbocycles. The summed E-state index contributed by atoms with van der Waals surface area (Å²) < 4.78 is 0. The molecule has 4 heteroatoms. The molecule has 0 radical (unpaired) electrons. The number of aliphatic imine (C=N–C) groups is 2. The van der Waals surface area contributed by atoms with E-state index in [0.29, 0.717) is 12.2 Å². The number of phenolic OH excluding ortho intramolecular Hbond substituents is 1. The fourth-order valence-electron chi connectivity index (χ4n) is 1.96. The summed E-state index contributed by atoms with van der Waals surface area (Å²) in [5, 5.41) is 10.1. The van der Waals surface area contributed by atoms with E-state index in [1.807, 2.05) is 61.9 Å². The van der Waals surface area contributed by atoms with Crippen LogP contribution < -0.4 is 0 Å². The third-order valence-corrected chi connectivity index (χ3v) is 3.76. The molecule has 0 aromatic heterocycles. The van der Waals surface area contributed by atoms with E-state index in [1.54, 1.807) is 6.21 Å². The minimum Gasteiger partial charge on any atom is -0.506 e. The monoisotopic (exact) mass is 298 g/mol. The van der Waals surface area contributed by atoms with Gasteiger partial charge in [-0.25, -0.2) is 0 Å². The van der Waals surface area contributed by atoms with Gasteiger partial charge in [-0.1, -0.05) is 24.3 Å². The number of benzene rings is 2. The van der Waals surface area contributed by atoms with Gasteiger partial charge in [-0.05, 0) is 31.4 Å². The molecular weight excluding hydrogens is 280 g/mol. The van der Waals surface area contributed by atoms with Crippen molar-refractivity contribution < 1.29 is 5.11 Å². The van der Waals surface area contributed by atoms with E-state index in [1.165, 1.54) is 11.8 Å². The van der Waals surface area contributed by atoms with Crippen molar-refractivity contribution in [2.45, 2.75) is 18.2 Å². The normalized spacial score (nSPS) is 11.5. The van der Waals surface area contributed by atoms with Crippen LogP contribution in [0.4, 0.5) is 11.4 Å². The largest absolute Gasteiger partial charge is 0.506 e. The van der Waals surface area contributed by atoms with Gasteiger partial charge in [0.1, 0.15) is 5.75 Å². The maximum atomic E-state index is 10.1. The van der Waals surface area contributed by atoms with E-state index in [-0.39, 0.29) is 0 Å². The standard InChI is InChI=1S/C17H18N2OS/c1-3-18-14-8-4-5-9-15(14)19-12-11-13-7-6-10-16(21-2)17(13)20/h3-10,12,20H,11H2,1-2H3. The second kappa shape index (κ2) is 7.64. The number of thioether (sulfide) groups is 1. The van der Waals surface area contributed by atoms with Crippen LogP contribution in [0, 0.1) is 0 Å². The lowest BCUT2D eigenvalue weighted by Crippen LogP contribution is -1.88. The second-order valence-electron chi connectivity index (χ2n) is 4.36. The molecule has 0 heterocycles. The SMILES string of the molecule is CC=Nc1ccccc1N=CCc1cccc(SC)c1O. The van der Waals surface area contributed by atoms with Gasteiger partial charge in [-0.2, -0.15) is 0 Å². The Morgan fingerprint density at radius 1 is 1.05 bits per heavy atom. The molecule has 0 saturated heterocycles. The Kier molecular flexibility index (Phi) is 5.58. The molecule has 0 unspecified atom stereocenters. The number of para-hydroxylation sites is 3. The van der Waals surface area contributed by atoms with E-state index in [4.69, 9.17) is 0 Å². The fourth-order valence-corrected chi connectivity index (χ4v) is 2.50. The number of nitrogens with zero attached hydrogens (tertiary/aromatic N) is 2. The summed E-state index contributed by atoms with van der Waals surface area (Å²) in [6.07, 6.45) is 6.10. The first-order valence-electron chi connectivity index (χ1n) is 6.71. The first kappa shape index (κ1) is 15.3. The van der Waals surface area contributed by atoms with Gasteiger partial charge in [0.2, 0.25) is 0 Å². The molecule has 0 atom stereocenters. The van der Waals surface area contributed by atoms with Gasteiger partial charge < -0.3 is 5.11 Å². The van der Waals surface area contributed by atoms with Crippen LogP contribution in [-0.2, 0) is 6.42 Å². The number of hydrogen-bond donors (Lipinski definition) is 1. The molecule has 0 bridgehead atoms. The Morgan fingerprint density at radius 3 is 2.43 bits per heavy atom. The van der Waals surface area contributed by atoms with Crippen LogP contribution in [0.1, 0.15) is 12.5 Å². The molecule has 0 fully saturated rings. The van der Waals surface area contributed by atoms with E-state index in [0.717, 1.165) is 21.8 Å². The summed E-state index contributed by atoms with van der Waals surface area (Å²) in [4.78, 5) is 9.63. The molecule has 0 aliphatic rings. The Bertz CT molecular complexity index is 666. The van der Waals surface area contributed by atoms with Gasteiger partial charge >= 0.3 is 0 Å². The van der Waals surface area contributed by atoms with E-state index >= 15 is 0 Å². The third kappa shape index (κ3) is 3.95. The van der Waals surface area contributed by atoms with Crippen molar-refractivity contribution in [1.82, 2.24) is 0 Å². The van der Waals surface area contributed by atoms with E-state index in [9.17, 15) is 5.11 Å². The highest BCUT2D eigenvalue weighted by Gasteiger charge is 2.04. The van der Waals surface area contributed by atoms with Crippen LogP contribution in [-0.4, -0.2) is 23.8 Å². The maximum Gasteiger partial charge on any atom is 0.132 e. The Balaban J connectivity index is 2.17. The lowest BCUT2D eigenvalue weighted by molar-refractivity contribution is 0.457. The average Bonchev–Trinajstić information content (AvgIpc) is 2.51. The third-order valence-electron chi connectivity index (χ3n) is 2.99. The lowest BCUT2D eigenvalue weighted by atomic mass is 10.1. The average molecular weight is 298 g/mol. The molecule has 21 heavy (non-hydrogen) atoms. The van der Waals surface area contributed by atoms with Crippen molar-refractivity contribution in [3.63, 3.8) is 0 Å². The first-order valence-corrected chi connectivity index (χ1v) is 7.93. The summed E-state index contributed by atoms with van der Waals surface area (Å²) in [5.74, 6) is 0.344. The van der Waals surface area contributed by atoms with Crippen molar-refractivity contribution in [2.24, 2.45) is 9.98 Å². The van der Waals surface area contributed by atoms with Gasteiger partial charge in [-0.15, -0.1) is 11.8 Å². The van der Waals surface area contributed by atoms with Crippen molar-refractivity contribution >= 4 is 35.6 Å². The quantitative estimate of drug-likeness (QED) is 0.637. The van der Waals surface area contributed by atoms with Crippen LogP contribution in [0.3, 0.4) is 0 Å². The zero-order valence-corrected chi connectivity index (χ0v) is 13.0. The lowest BCUT2D eigenvalue weighted by Gasteiger charge is -2.05. The number of rotatable bonds is 5. The molecule has 0 aliphatic heterocycles. The molecule has 2 aromatic carbocycles. The Labute approximate surface area is 129 Å². The summed E-state index contributed by atoms with van der Waals surface area (Å²) >= 11 is 1.53. The molecular formula is C17H18N2OS. The minimum atomic E-state index is 0.344. The van der Waals surface area contributed by atoms with Crippen molar-refractivity contribution in [2.75, 3.05) is 6.26 Å². The number of phenols is 1. The second-order valence-corrected chi connectivity index (χ2v) is 5.21. The maximum absolute atomic E-state index is 10.1. The zero-order valence-electron chi connectivity index (χ0n) is 12.2.